The SMILES string of the molecule is CCc1ccc(NC(=O)CSC2CC(=O)N(c3cc(Cl)cc(Cl)c3)C2=O)cc1. The Bertz CT molecular complexity index is 898. The number of nitrogens with one attached hydrogen (secondary N) is 1. The Morgan fingerprint density at radius 2 is 1.79 bits per heavy atom. The van der Waals surface area contributed by atoms with E-state index in [9.17, 15) is 14.4 Å². The molecular formula is C20H18Cl2N2O3S. The molecule has 1 aliphatic rings. The molecule has 1 heterocycles. The number of rotatable bonds is 6. The fraction of sp³-hybridized carbons (Fsp3) is 0.250. The van der Waals surface area contributed by atoms with Crippen LogP contribution in [0.4, 0.5) is 11.4 Å². The zero-order chi connectivity index (χ0) is 20.3. The number of nitrogens with zero attached hydrogens (tertiary/aromatic N) is 1. The Morgan fingerprint density at radius 3 is 2.39 bits per heavy atom. The predicted octanol–water partition coefficient (Wildman–Crippen LogP) is 4.56. The lowest BCUT2D eigenvalue weighted by Crippen LogP contribution is -2.31. The molecule has 0 saturated carbocycles. The summed E-state index contributed by atoms with van der Waals surface area (Å²) in [7, 11) is 0. The number of hydrogen-bond acceptors (Lipinski definition) is 4. The van der Waals surface area contributed by atoms with E-state index in [-0.39, 0.29) is 29.9 Å². The smallest absolute Gasteiger partial charge is 0.247 e. The molecule has 0 radical (unpaired) electrons. The lowest BCUT2D eigenvalue weighted by molar-refractivity contribution is -0.121. The third-order valence-corrected chi connectivity index (χ3v) is 5.91. The maximum atomic E-state index is 12.6. The molecule has 1 N–H and O–H groups in total. The first-order chi connectivity index (χ1) is 13.4. The molecule has 1 unspecified atom stereocenters. The van der Waals surface area contributed by atoms with Crippen molar-refractivity contribution in [2.45, 2.75) is 25.0 Å². The first kappa shape index (κ1) is 20.7. The van der Waals surface area contributed by atoms with Crippen LogP contribution in [0.25, 0.3) is 0 Å². The van der Waals surface area contributed by atoms with Crippen LogP contribution >= 0.6 is 35.0 Å². The Morgan fingerprint density at radius 1 is 1.14 bits per heavy atom. The van der Waals surface area contributed by atoms with E-state index in [4.69, 9.17) is 23.2 Å². The third kappa shape index (κ3) is 4.87. The minimum absolute atomic E-state index is 0.0338. The van der Waals surface area contributed by atoms with Crippen LogP contribution in [-0.2, 0) is 20.8 Å². The van der Waals surface area contributed by atoms with Crippen LogP contribution in [-0.4, -0.2) is 28.7 Å². The highest BCUT2D eigenvalue weighted by Crippen LogP contribution is 2.33. The summed E-state index contributed by atoms with van der Waals surface area (Å²) >= 11 is 13.1. The van der Waals surface area contributed by atoms with E-state index in [0.717, 1.165) is 23.1 Å². The molecule has 28 heavy (non-hydrogen) atoms. The summed E-state index contributed by atoms with van der Waals surface area (Å²) in [5.74, 6) is -0.854. The standard InChI is InChI=1S/C20H18Cl2N2O3S/c1-2-12-3-5-15(6-4-12)23-18(25)11-28-17-10-19(26)24(20(17)27)16-8-13(21)7-14(22)9-16/h3-9,17H,2,10-11H2,1H3,(H,23,25). The quantitative estimate of drug-likeness (QED) is 0.673. The summed E-state index contributed by atoms with van der Waals surface area (Å²) in [4.78, 5) is 38.2. The van der Waals surface area contributed by atoms with E-state index in [0.29, 0.717) is 21.4 Å². The zero-order valence-electron chi connectivity index (χ0n) is 15.1. The summed E-state index contributed by atoms with van der Waals surface area (Å²) in [6.07, 6.45) is 0.961. The molecule has 0 bridgehead atoms. The highest BCUT2D eigenvalue weighted by Gasteiger charge is 2.40. The second kappa shape index (κ2) is 8.99. The highest BCUT2D eigenvalue weighted by molar-refractivity contribution is 8.01. The number of carbonyl (C=O) groups is 3. The molecule has 2 aromatic rings. The molecule has 8 heteroatoms. The van der Waals surface area contributed by atoms with Crippen molar-refractivity contribution in [3.63, 3.8) is 0 Å². The molecule has 0 spiro atoms. The minimum atomic E-state index is -0.613. The third-order valence-electron chi connectivity index (χ3n) is 4.27. The average molecular weight is 437 g/mol. The number of benzene rings is 2. The minimum Gasteiger partial charge on any atom is -0.325 e. The molecule has 5 nitrogen and oxygen atoms in total. The van der Waals surface area contributed by atoms with Crippen LogP contribution in [0, 0.1) is 0 Å². The van der Waals surface area contributed by atoms with Crippen LogP contribution in [0.3, 0.4) is 0 Å². The zero-order valence-corrected chi connectivity index (χ0v) is 17.4. The molecule has 3 rings (SSSR count). The summed E-state index contributed by atoms with van der Waals surface area (Å²) in [5.41, 5.74) is 2.23. The monoisotopic (exact) mass is 436 g/mol. The largest absolute Gasteiger partial charge is 0.325 e. The maximum absolute atomic E-state index is 12.6. The normalized spacial score (nSPS) is 16.5. The van der Waals surface area contributed by atoms with Gasteiger partial charge < -0.3 is 5.32 Å². The van der Waals surface area contributed by atoms with Gasteiger partial charge in [-0.2, -0.15) is 0 Å². The van der Waals surface area contributed by atoms with Gasteiger partial charge in [0, 0.05) is 22.2 Å². The van der Waals surface area contributed by atoms with Crippen molar-refractivity contribution in [1.29, 1.82) is 0 Å². The van der Waals surface area contributed by atoms with E-state index in [1.165, 1.54) is 23.8 Å². The van der Waals surface area contributed by atoms with Gasteiger partial charge in [-0.25, -0.2) is 4.90 Å². The van der Waals surface area contributed by atoms with Crippen molar-refractivity contribution in [1.82, 2.24) is 0 Å². The second-order valence-corrected chi connectivity index (χ2v) is 8.36. The summed E-state index contributed by atoms with van der Waals surface area (Å²) in [5, 5.41) is 2.86. The fourth-order valence-electron chi connectivity index (χ4n) is 2.87. The van der Waals surface area contributed by atoms with Crippen molar-refractivity contribution >= 4 is 64.1 Å². The van der Waals surface area contributed by atoms with Gasteiger partial charge in [-0.15, -0.1) is 11.8 Å². The Labute approximate surface area is 177 Å². The van der Waals surface area contributed by atoms with Gasteiger partial charge in [-0.1, -0.05) is 42.3 Å². The van der Waals surface area contributed by atoms with Gasteiger partial charge >= 0.3 is 0 Å². The lowest BCUT2D eigenvalue weighted by atomic mass is 10.1. The number of hydrogen-bond donors (Lipinski definition) is 1. The second-order valence-electron chi connectivity index (χ2n) is 6.30. The van der Waals surface area contributed by atoms with Crippen LogP contribution in [0.15, 0.2) is 42.5 Å². The molecule has 1 atom stereocenters. The summed E-state index contributed by atoms with van der Waals surface area (Å²) in [6, 6.07) is 12.2. The first-order valence-electron chi connectivity index (χ1n) is 8.70. The fourth-order valence-corrected chi connectivity index (χ4v) is 4.32. The highest BCUT2D eigenvalue weighted by atomic mass is 35.5. The predicted molar refractivity (Wildman–Crippen MR) is 114 cm³/mol. The molecule has 3 amide bonds. The molecule has 0 aromatic heterocycles. The van der Waals surface area contributed by atoms with Gasteiger partial charge in [0.1, 0.15) is 0 Å². The van der Waals surface area contributed by atoms with E-state index < -0.39 is 5.25 Å². The van der Waals surface area contributed by atoms with Gasteiger partial charge in [0.05, 0.1) is 16.7 Å². The van der Waals surface area contributed by atoms with Crippen LogP contribution in [0.5, 0.6) is 0 Å². The van der Waals surface area contributed by atoms with Crippen LogP contribution in [0.1, 0.15) is 18.9 Å². The summed E-state index contributed by atoms with van der Waals surface area (Å²) < 4.78 is 0. The van der Waals surface area contributed by atoms with Crippen LogP contribution in [0.2, 0.25) is 10.0 Å². The number of amides is 3. The molecule has 146 valence electrons. The van der Waals surface area contributed by atoms with Crippen LogP contribution < -0.4 is 10.2 Å². The Balaban J connectivity index is 1.59. The Hall–Kier alpha value is -2.02. The van der Waals surface area contributed by atoms with Gasteiger partial charge in [0.2, 0.25) is 17.7 Å². The molecular weight excluding hydrogens is 419 g/mol. The first-order valence-corrected chi connectivity index (χ1v) is 10.5. The number of anilines is 2. The van der Waals surface area contributed by atoms with Gasteiger partial charge in [-0.3, -0.25) is 14.4 Å². The van der Waals surface area contributed by atoms with Crippen molar-refractivity contribution in [3.8, 4) is 0 Å². The number of imide groups is 1. The lowest BCUT2D eigenvalue weighted by Gasteiger charge is -2.15. The topological polar surface area (TPSA) is 66.5 Å². The number of aryl methyl sites for hydroxylation is 1. The van der Waals surface area contributed by atoms with Crippen molar-refractivity contribution in [2.75, 3.05) is 16.0 Å². The van der Waals surface area contributed by atoms with Gasteiger partial charge in [-0.05, 0) is 42.3 Å². The van der Waals surface area contributed by atoms with Crippen molar-refractivity contribution < 1.29 is 14.4 Å². The number of halogens is 2. The van der Waals surface area contributed by atoms with E-state index in [1.54, 1.807) is 0 Å². The van der Waals surface area contributed by atoms with E-state index in [2.05, 4.69) is 12.2 Å². The molecule has 1 fully saturated rings. The van der Waals surface area contributed by atoms with E-state index >= 15 is 0 Å². The van der Waals surface area contributed by atoms with Crippen molar-refractivity contribution in [2.24, 2.45) is 0 Å². The molecule has 1 aliphatic heterocycles. The van der Waals surface area contributed by atoms with E-state index in [1.807, 2.05) is 24.3 Å². The number of carbonyl (C=O) groups excluding carboxylic acids is 3. The van der Waals surface area contributed by atoms with Gasteiger partial charge in [0.25, 0.3) is 0 Å². The van der Waals surface area contributed by atoms with Gasteiger partial charge in [0.15, 0.2) is 0 Å². The maximum Gasteiger partial charge on any atom is 0.247 e. The molecule has 0 aliphatic carbocycles. The average Bonchev–Trinajstić information content (AvgIpc) is 2.93. The Kier molecular flexibility index (Phi) is 6.65. The summed E-state index contributed by atoms with van der Waals surface area (Å²) in [6.45, 7) is 2.06. The molecule has 2 aromatic carbocycles. The number of thioether (sulfide) groups is 1. The van der Waals surface area contributed by atoms with Crippen molar-refractivity contribution in [3.05, 3.63) is 58.1 Å². The molecule has 1 saturated heterocycles.